The van der Waals surface area contributed by atoms with Gasteiger partial charge >= 0.3 is 0 Å². The second-order valence-corrected chi connectivity index (χ2v) is 2.80. The van der Waals surface area contributed by atoms with Gasteiger partial charge in [0.2, 0.25) is 0 Å². The molecule has 1 rings (SSSR count). The minimum Gasteiger partial charge on any atom is -0.396 e. The number of aliphatic hydroxyl groups excluding tert-OH is 1. The average Bonchev–Trinajstić information content (AvgIpc) is 2.43. The molecule has 1 saturated heterocycles. The molecule has 0 aromatic heterocycles. The van der Waals surface area contributed by atoms with E-state index in [1.807, 2.05) is 0 Å². The van der Waals surface area contributed by atoms with E-state index in [0.717, 1.165) is 19.6 Å². The lowest BCUT2D eigenvalue weighted by Crippen LogP contribution is -2.26. The molecular weight excluding hydrogens is 130 g/mol. The Kier molecular flexibility index (Phi) is 3.12. The Hall–Kier alpha value is -0.120. The predicted molar refractivity (Wildman–Crippen MR) is 38.6 cm³/mol. The maximum atomic E-state index is 8.85. The highest BCUT2D eigenvalue weighted by Gasteiger charge is 2.23. The molecule has 60 valence electrons. The average molecular weight is 145 g/mol. The summed E-state index contributed by atoms with van der Waals surface area (Å²) in [6.07, 6.45) is 1.06. The van der Waals surface area contributed by atoms with Crippen LogP contribution in [0.1, 0.15) is 6.42 Å². The number of ether oxygens (including phenoxy) is 1. The summed E-state index contributed by atoms with van der Waals surface area (Å²) < 4.78 is 5.18. The Morgan fingerprint density at radius 2 is 2.50 bits per heavy atom. The molecule has 1 heterocycles. The highest BCUT2D eigenvalue weighted by molar-refractivity contribution is 4.73. The number of hydrogen-bond acceptors (Lipinski definition) is 3. The molecule has 0 aliphatic carbocycles. The predicted octanol–water partition coefficient (Wildman–Crippen LogP) is -0.410. The van der Waals surface area contributed by atoms with Gasteiger partial charge in [-0.2, -0.15) is 0 Å². The Morgan fingerprint density at radius 3 is 2.90 bits per heavy atom. The van der Waals surface area contributed by atoms with E-state index in [-0.39, 0.29) is 12.5 Å². The lowest BCUT2D eigenvalue weighted by molar-refractivity contribution is 0.143. The molecule has 0 aromatic carbocycles. The maximum Gasteiger partial charge on any atom is 0.0499 e. The molecule has 1 fully saturated rings. The summed E-state index contributed by atoms with van der Waals surface area (Å²) in [6, 6.07) is 0. The van der Waals surface area contributed by atoms with Gasteiger partial charge in [-0.05, 0) is 24.8 Å². The number of rotatable bonds is 3. The van der Waals surface area contributed by atoms with E-state index in [0.29, 0.717) is 12.5 Å². The molecule has 0 amide bonds. The van der Waals surface area contributed by atoms with Crippen LogP contribution in [0.2, 0.25) is 0 Å². The van der Waals surface area contributed by atoms with Crippen molar-refractivity contribution < 1.29 is 9.84 Å². The van der Waals surface area contributed by atoms with Crippen LogP contribution >= 0.6 is 0 Å². The second-order valence-electron chi connectivity index (χ2n) is 2.80. The lowest BCUT2D eigenvalue weighted by Gasteiger charge is -2.16. The summed E-state index contributed by atoms with van der Waals surface area (Å²) in [5.74, 6) is 0.748. The third-order valence-electron chi connectivity index (χ3n) is 2.17. The van der Waals surface area contributed by atoms with Gasteiger partial charge in [-0.3, -0.25) is 0 Å². The summed E-state index contributed by atoms with van der Waals surface area (Å²) in [5, 5.41) is 8.85. The van der Waals surface area contributed by atoms with Crippen LogP contribution in [-0.2, 0) is 4.74 Å². The highest BCUT2D eigenvalue weighted by atomic mass is 16.5. The third-order valence-corrected chi connectivity index (χ3v) is 2.17. The van der Waals surface area contributed by atoms with Crippen molar-refractivity contribution in [2.75, 3.05) is 26.4 Å². The van der Waals surface area contributed by atoms with Gasteiger partial charge in [0.05, 0.1) is 0 Å². The summed E-state index contributed by atoms with van der Waals surface area (Å²) in [5.41, 5.74) is 5.45. The molecule has 10 heavy (non-hydrogen) atoms. The van der Waals surface area contributed by atoms with Crippen LogP contribution in [-0.4, -0.2) is 31.5 Å². The smallest absolute Gasteiger partial charge is 0.0499 e. The van der Waals surface area contributed by atoms with Crippen molar-refractivity contribution in [2.45, 2.75) is 6.42 Å². The molecule has 3 nitrogen and oxygen atoms in total. The van der Waals surface area contributed by atoms with Crippen LogP contribution in [0.15, 0.2) is 0 Å². The summed E-state index contributed by atoms with van der Waals surface area (Å²) in [7, 11) is 0. The first-order chi connectivity index (χ1) is 4.88. The van der Waals surface area contributed by atoms with E-state index in [9.17, 15) is 0 Å². The minimum absolute atomic E-state index is 0.199. The van der Waals surface area contributed by atoms with Gasteiger partial charge in [0.1, 0.15) is 0 Å². The van der Waals surface area contributed by atoms with Gasteiger partial charge in [0.15, 0.2) is 0 Å². The molecule has 3 heteroatoms. The first-order valence-electron chi connectivity index (χ1n) is 3.77. The van der Waals surface area contributed by atoms with Gasteiger partial charge in [-0.1, -0.05) is 0 Å². The fraction of sp³-hybridized carbons (Fsp3) is 1.00. The quantitative estimate of drug-likeness (QED) is 0.567. The van der Waals surface area contributed by atoms with E-state index in [1.54, 1.807) is 0 Å². The van der Waals surface area contributed by atoms with E-state index in [4.69, 9.17) is 15.6 Å². The molecule has 0 aromatic rings. The van der Waals surface area contributed by atoms with Crippen LogP contribution in [0.25, 0.3) is 0 Å². The molecule has 0 bridgehead atoms. The molecule has 0 spiro atoms. The maximum absolute atomic E-state index is 8.85. The Balaban J connectivity index is 2.29. The Morgan fingerprint density at radius 1 is 1.70 bits per heavy atom. The van der Waals surface area contributed by atoms with Crippen molar-refractivity contribution in [1.82, 2.24) is 0 Å². The zero-order valence-electron chi connectivity index (χ0n) is 6.12. The number of nitrogens with two attached hydrogens (primary N) is 1. The van der Waals surface area contributed by atoms with Crippen LogP contribution in [0, 0.1) is 11.8 Å². The van der Waals surface area contributed by atoms with Gasteiger partial charge in [-0.15, -0.1) is 0 Å². The normalized spacial score (nSPS) is 28.8. The SMILES string of the molecule is NCC(CO)C1CCOC1. The molecule has 1 aliphatic heterocycles. The monoisotopic (exact) mass is 145 g/mol. The zero-order valence-corrected chi connectivity index (χ0v) is 6.12. The van der Waals surface area contributed by atoms with Crippen molar-refractivity contribution >= 4 is 0 Å². The third kappa shape index (κ3) is 1.68. The number of hydrogen-bond donors (Lipinski definition) is 2. The molecule has 0 saturated carbocycles. The summed E-state index contributed by atoms with van der Waals surface area (Å²) >= 11 is 0. The van der Waals surface area contributed by atoms with Crippen molar-refractivity contribution in [3.63, 3.8) is 0 Å². The van der Waals surface area contributed by atoms with Crippen molar-refractivity contribution in [3.05, 3.63) is 0 Å². The summed E-state index contributed by atoms with van der Waals surface area (Å²) in [6.45, 7) is 2.39. The summed E-state index contributed by atoms with van der Waals surface area (Å²) in [4.78, 5) is 0. The van der Waals surface area contributed by atoms with Crippen LogP contribution in [0.5, 0.6) is 0 Å². The molecule has 1 aliphatic rings. The van der Waals surface area contributed by atoms with Gasteiger partial charge in [0.25, 0.3) is 0 Å². The van der Waals surface area contributed by atoms with E-state index in [1.165, 1.54) is 0 Å². The molecule has 0 radical (unpaired) electrons. The Labute approximate surface area is 61.2 Å². The van der Waals surface area contributed by atoms with Crippen molar-refractivity contribution in [1.29, 1.82) is 0 Å². The molecule has 3 N–H and O–H groups in total. The van der Waals surface area contributed by atoms with E-state index >= 15 is 0 Å². The van der Waals surface area contributed by atoms with Crippen LogP contribution < -0.4 is 5.73 Å². The van der Waals surface area contributed by atoms with Gasteiger partial charge < -0.3 is 15.6 Å². The van der Waals surface area contributed by atoms with Crippen LogP contribution in [0.4, 0.5) is 0 Å². The van der Waals surface area contributed by atoms with Crippen molar-refractivity contribution in [2.24, 2.45) is 17.6 Å². The minimum atomic E-state index is 0.199. The van der Waals surface area contributed by atoms with Crippen molar-refractivity contribution in [3.8, 4) is 0 Å². The fourth-order valence-electron chi connectivity index (χ4n) is 1.34. The van der Waals surface area contributed by atoms with Gasteiger partial charge in [-0.25, -0.2) is 0 Å². The van der Waals surface area contributed by atoms with E-state index in [2.05, 4.69) is 0 Å². The topological polar surface area (TPSA) is 55.5 Å². The first kappa shape index (κ1) is 7.98. The molecular formula is C7H15NO2. The molecule has 2 atom stereocenters. The van der Waals surface area contributed by atoms with Gasteiger partial charge in [0, 0.05) is 19.8 Å². The highest BCUT2D eigenvalue weighted by Crippen LogP contribution is 2.20. The second kappa shape index (κ2) is 3.91. The number of aliphatic hydroxyl groups is 1. The standard InChI is InChI=1S/C7H15NO2/c8-3-7(4-9)6-1-2-10-5-6/h6-7,9H,1-5,8H2. The Bertz CT molecular complexity index is 87.6. The molecule has 2 unspecified atom stereocenters. The zero-order chi connectivity index (χ0) is 7.40. The first-order valence-corrected chi connectivity index (χ1v) is 3.77. The van der Waals surface area contributed by atoms with Crippen LogP contribution in [0.3, 0.4) is 0 Å². The van der Waals surface area contributed by atoms with E-state index < -0.39 is 0 Å². The largest absolute Gasteiger partial charge is 0.396 e. The fourth-order valence-corrected chi connectivity index (χ4v) is 1.34. The lowest BCUT2D eigenvalue weighted by atomic mass is 9.93.